The summed E-state index contributed by atoms with van der Waals surface area (Å²) < 4.78 is 14.2. The molecule has 4 aromatic rings. The Morgan fingerprint density at radius 1 is 0.724 bits per heavy atom. The number of nitrogens with zero attached hydrogens (tertiary/aromatic N) is 1. The van der Waals surface area contributed by atoms with Crippen LogP contribution in [0.25, 0.3) is 33.2 Å². The molecule has 0 amide bonds. The Bertz CT molecular complexity index is 1100. The highest BCUT2D eigenvalue weighted by molar-refractivity contribution is 5.95. The molecule has 29 heavy (non-hydrogen) atoms. The number of halogens is 1. The second-order valence-corrected chi connectivity index (χ2v) is 7.58. The molecule has 1 heterocycles. The van der Waals surface area contributed by atoms with Crippen LogP contribution in [0.2, 0.25) is 0 Å². The van der Waals surface area contributed by atoms with Gasteiger partial charge in [-0.05, 0) is 47.7 Å². The van der Waals surface area contributed by atoms with E-state index in [1.54, 1.807) is 18.3 Å². The van der Waals surface area contributed by atoms with Crippen LogP contribution in [0.15, 0.2) is 79.0 Å². The molecule has 0 saturated carbocycles. The molecule has 0 N–H and O–H groups in total. The van der Waals surface area contributed by atoms with Crippen LogP contribution >= 0.6 is 0 Å². The molecular weight excluding hydrogens is 357 g/mol. The summed E-state index contributed by atoms with van der Waals surface area (Å²) in [7, 11) is 0. The predicted molar refractivity (Wildman–Crippen MR) is 120 cm³/mol. The molecule has 0 atom stereocenters. The van der Waals surface area contributed by atoms with Gasteiger partial charge in [0.15, 0.2) is 0 Å². The molecule has 0 saturated heterocycles. The van der Waals surface area contributed by atoms with E-state index in [2.05, 4.69) is 48.3 Å². The molecule has 0 radical (unpaired) electrons. The molecule has 146 valence electrons. The van der Waals surface area contributed by atoms with Crippen molar-refractivity contribution in [1.29, 1.82) is 0 Å². The lowest BCUT2D eigenvalue weighted by molar-refractivity contribution is 0.640. The second kappa shape index (κ2) is 9.00. The molecule has 0 fully saturated rings. The Balaban J connectivity index is 1.61. The van der Waals surface area contributed by atoms with Gasteiger partial charge in [0.2, 0.25) is 0 Å². The second-order valence-electron chi connectivity index (χ2n) is 7.58. The lowest BCUT2D eigenvalue weighted by Gasteiger charge is -2.09. The molecule has 4 rings (SSSR count). The molecule has 0 aliphatic rings. The van der Waals surface area contributed by atoms with Crippen molar-refractivity contribution in [1.82, 2.24) is 4.98 Å². The summed E-state index contributed by atoms with van der Waals surface area (Å²) in [4.78, 5) is 4.55. The van der Waals surface area contributed by atoms with E-state index in [0.29, 0.717) is 5.39 Å². The number of hydrogen-bond donors (Lipinski definition) is 0. The molecule has 0 spiro atoms. The van der Waals surface area contributed by atoms with Crippen molar-refractivity contribution in [3.05, 3.63) is 90.4 Å². The van der Waals surface area contributed by atoms with Crippen molar-refractivity contribution in [2.45, 2.75) is 39.0 Å². The summed E-state index contributed by atoms with van der Waals surface area (Å²) >= 11 is 0. The molecule has 1 aromatic heterocycles. The summed E-state index contributed by atoms with van der Waals surface area (Å²) in [5.41, 5.74) is 5.55. The zero-order valence-electron chi connectivity index (χ0n) is 16.9. The van der Waals surface area contributed by atoms with Gasteiger partial charge in [0, 0.05) is 22.5 Å². The quantitative estimate of drug-likeness (QED) is 0.296. The molecule has 0 aliphatic carbocycles. The van der Waals surface area contributed by atoms with Gasteiger partial charge >= 0.3 is 0 Å². The highest BCUT2D eigenvalue weighted by Crippen LogP contribution is 2.31. The lowest BCUT2D eigenvalue weighted by atomic mass is 9.97. The number of unbranched alkanes of at least 4 members (excludes halogenated alkanes) is 3. The van der Waals surface area contributed by atoms with Gasteiger partial charge < -0.3 is 0 Å². The summed E-state index contributed by atoms with van der Waals surface area (Å²) in [6.45, 7) is 2.24. The van der Waals surface area contributed by atoms with Crippen molar-refractivity contribution >= 4 is 10.8 Å². The van der Waals surface area contributed by atoms with Gasteiger partial charge in [-0.2, -0.15) is 0 Å². The number of pyridine rings is 1. The fourth-order valence-corrected chi connectivity index (χ4v) is 3.86. The Morgan fingerprint density at radius 2 is 1.52 bits per heavy atom. The summed E-state index contributed by atoms with van der Waals surface area (Å²) in [6, 6.07) is 24.1. The van der Waals surface area contributed by atoms with Gasteiger partial charge in [0.25, 0.3) is 0 Å². The van der Waals surface area contributed by atoms with E-state index in [-0.39, 0.29) is 5.82 Å². The third kappa shape index (κ3) is 4.37. The molecule has 0 aliphatic heterocycles. The van der Waals surface area contributed by atoms with Crippen molar-refractivity contribution in [3.63, 3.8) is 0 Å². The Hall–Kier alpha value is -3.00. The van der Waals surface area contributed by atoms with E-state index in [4.69, 9.17) is 0 Å². The maximum absolute atomic E-state index is 14.2. The van der Waals surface area contributed by atoms with Gasteiger partial charge in [0.1, 0.15) is 5.82 Å². The maximum Gasteiger partial charge on any atom is 0.131 e. The van der Waals surface area contributed by atoms with Crippen LogP contribution in [0.3, 0.4) is 0 Å². The highest BCUT2D eigenvalue weighted by atomic mass is 19.1. The minimum absolute atomic E-state index is 0.211. The lowest BCUT2D eigenvalue weighted by Crippen LogP contribution is -1.89. The van der Waals surface area contributed by atoms with Crippen molar-refractivity contribution in [3.8, 4) is 22.4 Å². The van der Waals surface area contributed by atoms with Crippen LogP contribution in [0.1, 0.15) is 38.2 Å². The van der Waals surface area contributed by atoms with Crippen LogP contribution in [0.5, 0.6) is 0 Å². The first-order chi connectivity index (χ1) is 14.3. The van der Waals surface area contributed by atoms with Gasteiger partial charge in [-0.3, -0.25) is 4.98 Å². The largest absolute Gasteiger partial charge is 0.256 e. The van der Waals surface area contributed by atoms with Gasteiger partial charge in [0.05, 0.1) is 5.69 Å². The number of benzene rings is 3. The number of rotatable bonds is 7. The zero-order chi connectivity index (χ0) is 20.1. The van der Waals surface area contributed by atoms with Crippen LogP contribution in [-0.2, 0) is 6.42 Å². The predicted octanol–water partition coefficient (Wildman–Crippen LogP) is 7.83. The van der Waals surface area contributed by atoms with E-state index >= 15 is 0 Å². The molecule has 0 unspecified atom stereocenters. The molecule has 3 aromatic carbocycles. The van der Waals surface area contributed by atoms with E-state index < -0.39 is 0 Å². The Labute approximate surface area is 172 Å². The summed E-state index contributed by atoms with van der Waals surface area (Å²) in [5.74, 6) is -0.211. The number of fused-ring (bicyclic) bond motifs is 1. The average Bonchev–Trinajstić information content (AvgIpc) is 2.77. The van der Waals surface area contributed by atoms with E-state index in [9.17, 15) is 4.39 Å². The normalized spacial score (nSPS) is 11.1. The first kappa shape index (κ1) is 19.3. The summed E-state index contributed by atoms with van der Waals surface area (Å²) in [5, 5.41) is 1.45. The Morgan fingerprint density at radius 3 is 2.34 bits per heavy atom. The van der Waals surface area contributed by atoms with Crippen molar-refractivity contribution < 1.29 is 4.39 Å². The van der Waals surface area contributed by atoms with Crippen LogP contribution in [0, 0.1) is 5.82 Å². The third-order valence-corrected chi connectivity index (χ3v) is 5.50. The van der Waals surface area contributed by atoms with E-state index in [1.165, 1.54) is 42.9 Å². The molecular formula is C27H26FN. The summed E-state index contributed by atoms with van der Waals surface area (Å²) in [6.07, 6.45) is 7.97. The minimum Gasteiger partial charge on any atom is -0.256 e. The number of hydrogen-bond acceptors (Lipinski definition) is 1. The molecule has 1 nitrogen and oxygen atoms in total. The average molecular weight is 384 g/mol. The van der Waals surface area contributed by atoms with Gasteiger partial charge in [-0.25, -0.2) is 4.39 Å². The van der Waals surface area contributed by atoms with Crippen LogP contribution < -0.4 is 0 Å². The SMILES string of the molecule is CCCCCCc1ccc(-c2cccc(-c3nccc4c(F)cccc34)c2)cc1. The van der Waals surface area contributed by atoms with Gasteiger partial charge in [-0.1, -0.05) is 80.8 Å². The standard InChI is InChI=1S/C27H26FN/c1-2-3-4-5-8-20-13-15-21(16-14-20)22-9-6-10-23(19-22)27-25-11-7-12-26(28)24(25)17-18-29-27/h6-7,9-19H,2-5,8H2,1H3. The topological polar surface area (TPSA) is 12.9 Å². The van der Waals surface area contributed by atoms with Crippen molar-refractivity contribution in [2.24, 2.45) is 0 Å². The molecule has 2 heteroatoms. The van der Waals surface area contributed by atoms with Crippen LogP contribution in [0.4, 0.5) is 4.39 Å². The fraction of sp³-hybridized carbons (Fsp3) is 0.222. The zero-order valence-corrected chi connectivity index (χ0v) is 16.9. The smallest absolute Gasteiger partial charge is 0.131 e. The first-order valence-corrected chi connectivity index (χ1v) is 10.5. The highest BCUT2D eigenvalue weighted by Gasteiger charge is 2.09. The van der Waals surface area contributed by atoms with E-state index in [1.807, 2.05) is 18.2 Å². The minimum atomic E-state index is -0.211. The van der Waals surface area contributed by atoms with Crippen molar-refractivity contribution in [2.75, 3.05) is 0 Å². The fourth-order valence-electron chi connectivity index (χ4n) is 3.86. The maximum atomic E-state index is 14.2. The number of aromatic nitrogens is 1. The van der Waals surface area contributed by atoms with E-state index in [0.717, 1.165) is 28.6 Å². The van der Waals surface area contributed by atoms with Gasteiger partial charge in [-0.15, -0.1) is 0 Å². The third-order valence-electron chi connectivity index (χ3n) is 5.50. The number of aryl methyl sites for hydroxylation is 1. The first-order valence-electron chi connectivity index (χ1n) is 10.5. The monoisotopic (exact) mass is 383 g/mol. The Kier molecular flexibility index (Phi) is 6.00. The molecule has 0 bridgehead atoms. The van der Waals surface area contributed by atoms with Crippen LogP contribution in [-0.4, -0.2) is 4.98 Å².